The highest BCUT2D eigenvalue weighted by Gasteiger charge is 2.48. The minimum absolute atomic E-state index is 0.0262. The molecular weight excluding hydrogens is 674 g/mol. The van der Waals surface area contributed by atoms with Gasteiger partial charge in [-0.15, -0.1) is 11.6 Å². The number of benzene rings is 3. The molecule has 10 heteroatoms. The van der Waals surface area contributed by atoms with Crippen molar-refractivity contribution < 1.29 is 31.3 Å². The third kappa shape index (κ3) is 15.8. The average Bonchev–Trinajstić information content (AvgIpc) is 3.08. The molecule has 266 valence electrons. The zero-order valence-electron chi connectivity index (χ0n) is 28.1. The van der Waals surface area contributed by atoms with E-state index < -0.39 is 21.3 Å². The third-order valence-corrected chi connectivity index (χ3v) is 11.3. The number of hydrogen-bond acceptors (Lipinski definition) is 5. The van der Waals surface area contributed by atoms with Crippen LogP contribution in [0.3, 0.4) is 0 Å². The summed E-state index contributed by atoms with van der Waals surface area (Å²) in [7, 11) is -6.06. The van der Waals surface area contributed by atoms with Crippen molar-refractivity contribution in [3.05, 3.63) is 90.5 Å². The lowest BCUT2D eigenvalue weighted by molar-refractivity contribution is -0.161. The molecule has 0 spiro atoms. The van der Waals surface area contributed by atoms with Crippen molar-refractivity contribution in [2.75, 3.05) is 12.5 Å². The number of alkyl halides is 3. The lowest BCUT2D eigenvalue weighted by Crippen LogP contribution is -2.39. The molecule has 0 fully saturated rings. The first-order valence-corrected chi connectivity index (χ1v) is 20.2. The summed E-state index contributed by atoms with van der Waals surface area (Å²) >= 11 is 5.64. The highest BCUT2D eigenvalue weighted by atomic mass is 35.5. The van der Waals surface area contributed by atoms with E-state index in [0.717, 1.165) is 31.6 Å². The van der Waals surface area contributed by atoms with E-state index in [-0.39, 0.29) is 17.5 Å². The number of carbonyl (C=O) groups is 1. The van der Waals surface area contributed by atoms with Crippen molar-refractivity contribution in [2.45, 2.75) is 123 Å². The SMILES string of the molecule is Cc1ccccc1[S+](c1ccccc1)c1ccccc1.O=C(OCCCCCCCCCCCCCCCCCCl)C(F)(F)S(=O)(=O)[O-]. The van der Waals surface area contributed by atoms with Crippen LogP contribution in [0.4, 0.5) is 8.78 Å². The van der Waals surface area contributed by atoms with Gasteiger partial charge in [0.15, 0.2) is 24.8 Å². The Hall–Kier alpha value is -2.46. The van der Waals surface area contributed by atoms with Gasteiger partial charge in [0.2, 0.25) is 0 Å². The molecule has 0 bridgehead atoms. The van der Waals surface area contributed by atoms with Crippen molar-refractivity contribution in [2.24, 2.45) is 0 Å². The minimum atomic E-state index is -6.04. The molecule has 0 aliphatic carbocycles. The van der Waals surface area contributed by atoms with E-state index >= 15 is 0 Å². The predicted molar refractivity (Wildman–Crippen MR) is 192 cm³/mol. The van der Waals surface area contributed by atoms with Crippen LogP contribution in [0.1, 0.15) is 102 Å². The molecule has 0 aromatic heterocycles. The number of hydrogen-bond donors (Lipinski definition) is 0. The summed E-state index contributed by atoms with van der Waals surface area (Å²) in [6, 6.07) is 30.2. The molecule has 48 heavy (non-hydrogen) atoms. The molecule has 3 aromatic rings. The van der Waals surface area contributed by atoms with Gasteiger partial charge < -0.3 is 9.29 Å². The monoisotopic (exact) mass is 724 g/mol. The number of esters is 1. The van der Waals surface area contributed by atoms with E-state index in [1.165, 1.54) is 78.0 Å². The molecule has 0 aliphatic rings. The third-order valence-electron chi connectivity index (χ3n) is 7.83. The van der Waals surface area contributed by atoms with Gasteiger partial charge in [-0.05, 0) is 50.1 Å². The number of unbranched alkanes of at least 4 members (excludes halogenated alkanes) is 14. The fourth-order valence-electron chi connectivity index (χ4n) is 5.13. The summed E-state index contributed by atoms with van der Waals surface area (Å²) in [5.41, 5.74) is 1.35. The van der Waals surface area contributed by atoms with Crippen LogP contribution in [-0.4, -0.2) is 36.7 Å². The van der Waals surface area contributed by atoms with Crippen LogP contribution in [0.15, 0.2) is 99.6 Å². The molecule has 0 amide bonds. The Labute approximate surface area is 294 Å². The molecule has 3 aromatic carbocycles. The standard InChI is InChI=1S/C19H35ClF2O5S.C19H17S/c20-16-14-12-10-8-6-4-2-1-3-5-7-9-11-13-15-17-27-18(23)19(21,22)28(24,25)26;1-16-10-8-9-15-19(16)20(17-11-4-2-5-12-17)18-13-6-3-7-14-18/h1-17H2,(H,24,25,26);2-15H,1H3/q;+1/p-1. The van der Waals surface area contributed by atoms with Crippen LogP contribution in [0, 0.1) is 6.92 Å². The van der Waals surface area contributed by atoms with Crippen LogP contribution >= 0.6 is 11.6 Å². The second-order valence-corrected chi connectivity index (χ2v) is 15.6. The van der Waals surface area contributed by atoms with Crippen molar-refractivity contribution >= 4 is 38.6 Å². The molecular formula is C38H51ClF2O5S2. The zero-order chi connectivity index (χ0) is 35.1. The Balaban J connectivity index is 0.000000349. The normalized spacial score (nSPS) is 11.6. The predicted octanol–water partition coefficient (Wildman–Crippen LogP) is 10.8. The molecule has 3 rings (SSSR count). The van der Waals surface area contributed by atoms with Crippen LogP contribution in [0.25, 0.3) is 0 Å². The van der Waals surface area contributed by atoms with Gasteiger partial charge in [0.05, 0.1) is 17.5 Å². The lowest BCUT2D eigenvalue weighted by atomic mass is 10.0. The summed E-state index contributed by atoms with van der Waals surface area (Å²) in [6.07, 6.45) is 16.6. The second kappa shape index (κ2) is 23.8. The molecule has 0 heterocycles. The van der Waals surface area contributed by atoms with Crippen LogP contribution < -0.4 is 0 Å². The number of ether oxygens (including phenoxy) is 1. The first-order valence-electron chi connectivity index (χ1n) is 17.1. The first-order chi connectivity index (χ1) is 23.1. The van der Waals surface area contributed by atoms with Gasteiger partial charge in [0.1, 0.15) is 0 Å². The molecule has 0 aliphatic heterocycles. The van der Waals surface area contributed by atoms with Crippen LogP contribution in [0.5, 0.6) is 0 Å². The summed E-state index contributed by atoms with van der Waals surface area (Å²) in [5.74, 6) is -1.53. The fraction of sp³-hybridized carbons (Fsp3) is 0.500. The first kappa shape index (κ1) is 41.7. The average molecular weight is 725 g/mol. The van der Waals surface area contributed by atoms with Gasteiger partial charge >= 0.3 is 11.2 Å². The van der Waals surface area contributed by atoms with E-state index in [1.807, 2.05) is 0 Å². The summed E-state index contributed by atoms with van der Waals surface area (Å²) in [4.78, 5) is 15.1. The Morgan fingerprint density at radius 3 is 1.44 bits per heavy atom. The summed E-state index contributed by atoms with van der Waals surface area (Å²) < 4.78 is 60.7. The quantitative estimate of drug-likeness (QED) is 0.0339. The van der Waals surface area contributed by atoms with Crippen molar-refractivity contribution in [3.8, 4) is 0 Å². The Morgan fingerprint density at radius 2 is 1.04 bits per heavy atom. The van der Waals surface area contributed by atoms with Crippen molar-refractivity contribution in [1.82, 2.24) is 0 Å². The molecule has 0 saturated carbocycles. The molecule has 0 radical (unpaired) electrons. The van der Waals surface area contributed by atoms with Gasteiger partial charge in [0, 0.05) is 11.4 Å². The highest BCUT2D eigenvalue weighted by molar-refractivity contribution is 7.97. The van der Waals surface area contributed by atoms with Crippen LogP contribution in [-0.2, 0) is 30.5 Å². The Morgan fingerprint density at radius 1 is 0.667 bits per heavy atom. The summed E-state index contributed by atoms with van der Waals surface area (Å²) in [6.45, 7) is 1.89. The molecule has 0 unspecified atom stereocenters. The molecule has 0 atom stereocenters. The van der Waals surface area contributed by atoms with E-state index in [1.54, 1.807) is 0 Å². The molecule has 0 saturated heterocycles. The smallest absolute Gasteiger partial charge is 0.428 e. The van der Waals surface area contributed by atoms with Gasteiger partial charge in [-0.2, -0.15) is 8.78 Å². The molecule has 5 nitrogen and oxygen atoms in total. The zero-order valence-corrected chi connectivity index (χ0v) is 30.5. The van der Waals surface area contributed by atoms with Gasteiger partial charge in [-0.1, -0.05) is 138 Å². The Kier molecular flexibility index (Phi) is 20.7. The topological polar surface area (TPSA) is 83.5 Å². The van der Waals surface area contributed by atoms with Crippen molar-refractivity contribution in [1.29, 1.82) is 0 Å². The van der Waals surface area contributed by atoms with E-state index in [2.05, 4.69) is 96.6 Å². The van der Waals surface area contributed by atoms with Gasteiger partial charge in [-0.3, -0.25) is 0 Å². The van der Waals surface area contributed by atoms with Crippen molar-refractivity contribution in [3.63, 3.8) is 0 Å². The molecule has 0 N–H and O–H groups in total. The second-order valence-electron chi connectivity index (χ2n) is 11.8. The lowest BCUT2D eigenvalue weighted by Gasteiger charge is -2.17. The minimum Gasteiger partial charge on any atom is -0.743 e. The van der Waals surface area contributed by atoms with E-state index in [9.17, 15) is 26.5 Å². The summed E-state index contributed by atoms with van der Waals surface area (Å²) in [5, 5.41) is -5.02. The van der Waals surface area contributed by atoms with Crippen LogP contribution in [0.2, 0.25) is 0 Å². The number of aryl methyl sites for hydroxylation is 1. The number of halogens is 3. The largest absolute Gasteiger partial charge is 0.743 e. The maximum Gasteiger partial charge on any atom is 0.428 e. The maximum atomic E-state index is 12.9. The van der Waals surface area contributed by atoms with Gasteiger partial charge in [0.25, 0.3) is 0 Å². The number of rotatable bonds is 22. The number of carbonyl (C=O) groups excluding carboxylic acids is 1. The fourth-order valence-corrected chi connectivity index (χ4v) is 7.83. The van der Waals surface area contributed by atoms with E-state index in [4.69, 9.17) is 11.6 Å². The maximum absolute atomic E-state index is 12.9. The van der Waals surface area contributed by atoms with E-state index in [0.29, 0.717) is 12.8 Å². The Bertz CT molecular complexity index is 1350. The highest BCUT2D eigenvalue weighted by Crippen LogP contribution is 2.32. The van der Waals surface area contributed by atoms with Gasteiger partial charge in [-0.25, -0.2) is 13.2 Å².